The number of nitrogens with two attached hydrogens (primary N) is 1. The van der Waals surface area contributed by atoms with Crippen LogP contribution in [0.3, 0.4) is 0 Å². The summed E-state index contributed by atoms with van der Waals surface area (Å²) in [7, 11) is 1.58. The van der Waals surface area contributed by atoms with Crippen LogP contribution in [0.1, 0.15) is 18.5 Å². The fraction of sp³-hybridized carbons (Fsp3) is 0.174. The Kier molecular flexibility index (Phi) is 6.29. The molecule has 0 amide bonds. The zero-order valence-electron chi connectivity index (χ0n) is 17.2. The molecule has 0 bridgehead atoms. The Bertz CT molecular complexity index is 1180. The molecule has 158 valence electrons. The van der Waals surface area contributed by atoms with E-state index in [4.69, 9.17) is 15.2 Å². The maximum Gasteiger partial charge on any atom is 0.188 e. The van der Waals surface area contributed by atoms with Crippen molar-refractivity contribution in [2.24, 2.45) is 0 Å². The molecule has 4 aromatic rings. The summed E-state index contributed by atoms with van der Waals surface area (Å²) in [5, 5.41) is 13.0. The van der Waals surface area contributed by atoms with E-state index in [-0.39, 0.29) is 12.8 Å². The second-order valence-corrected chi connectivity index (χ2v) is 7.93. The monoisotopic (exact) mass is 479 g/mol. The largest absolute Gasteiger partial charge is 0.467 e. The third kappa shape index (κ3) is 4.60. The quantitative estimate of drug-likeness (QED) is 0.377. The number of hydrogen-bond acceptors (Lipinski definition) is 6. The van der Waals surface area contributed by atoms with E-state index in [9.17, 15) is 0 Å². The van der Waals surface area contributed by atoms with Gasteiger partial charge in [-0.15, -0.1) is 10.2 Å². The van der Waals surface area contributed by atoms with E-state index in [1.165, 1.54) is 0 Å². The molecule has 2 N–H and O–H groups in total. The fourth-order valence-electron chi connectivity index (χ4n) is 3.27. The number of ether oxygens (including phenoxy) is 2. The van der Waals surface area contributed by atoms with Crippen LogP contribution < -0.4 is 10.5 Å². The highest BCUT2D eigenvalue weighted by Crippen LogP contribution is 2.33. The molecule has 2 heterocycles. The number of para-hydroxylation sites is 1. The lowest BCUT2D eigenvalue weighted by Gasteiger charge is -2.13. The molecular weight excluding hydrogens is 458 g/mol. The summed E-state index contributed by atoms with van der Waals surface area (Å²) in [4.78, 5) is 0. The third-order valence-corrected chi connectivity index (χ3v) is 5.51. The van der Waals surface area contributed by atoms with E-state index in [2.05, 4.69) is 50.3 Å². The number of nitrogens with zero attached hydrogens (tertiary/aromatic N) is 4. The predicted octanol–water partition coefficient (Wildman–Crippen LogP) is 4.94. The van der Waals surface area contributed by atoms with Crippen molar-refractivity contribution in [3.63, 3.8) is 0 Å². The average molecular weight is 480 g/mol. The van der Waals surface area contributed by atoms with Gasteiger partial charge in [0.15, 0.2) is 12.6 Å². The highest BCUT2D eigenvalue weighted by atomic mass is 79.9. The lowest BCUT2D eigenvalue weighted by atomic mass is 10.1. The molecule has 4 rings (SSSR count). The van der Waals surface area contributed by atoms with Gasteiger partial charge in [-0.2, -0.15) is 5.10 Å². The van der Waals surface area contributed by atoms with E-state index in [1.54, 1.807) is 13.3 Å². The summed E-state index contributed by atoms with van der Waals surface area (Å²) in [6, 6.07) is 17.8. The van der Waals surface area contributed by atoms with E-state index >= 15 is 0 Å². The molecule has 0 aliphatic carbocycles. The Labute approximate surface area is 189 Å². The van der Waals surface area contributed by atoms with Gasteiger partial charge in [-0.05, 0) is 42.8 Å². The van der Waals surface area contributed by atoms with Gasteiger partial charge in [-0.3, -0.25) is 4.68 Å². The van der Waals surface area contributed by atoms with Crippen molar-refractivity contribution < 1.29 is 9.47 Å². The van der Waals surface area contributed by atoms with Crippen LogP contribution in [0, 0.1) is 0 Å². The fourth-order valence-corrected chi connectivity index (χ4v) is 3.54. The number of aromatic nitrogens is 4. The Morgan fingerprint density at radius 1 is 1.06 bits per heavy atom. The molecule has 0 radical (unpaired) electrons. The third-order valence-electron chi connectivity index (χ3n) is 4.98. The predicted molar refractivity (Wildman–Crippen MR) is 124 cm³/mol. The molecule has 1 unspecified atom stereocenters. The lowest BCUT2D eigenvalue weighted by molar-refractivity contribution is 0.0515. The number of anilines is 1. The Morgan fingerprint density at radius 2 is 1.84 bits per heavy atom. The Morgan fingerprint density at radius 3 is 2.61 bits per heavy atom. The van der Waals surface area contributed by atoms with Crippen molar-refractivity contribution in [2.45, 2.75) is 13.0 Å². The number of halogens is 1. The van der Waals surface area contributed by atoms with Gasteiger partial charge in [-0.1, -0.05) is 40.2 Å². The molecule has 8 heteroatoms. The van der Waals surface area contributed by atoms with Gasteiger partial charge in [0.05, 0.1) is 17.9 Å². The van der Waals surface area contributed by atoms with Crippen molar-refractivity contribution >= 4 is 21.7 Å². The minimum atomic E-state index is 0.0699. The second kappa shape index (κ2) is 9.28. The molecule has 1 atom stereocenters. The van der Waals surface area contributed by atoms with Gasteiger partial charge in [0.1, 0.15) is 5.75 Å². The molecule has 0 aliphatic rings. The Hall–Kier alpha value is -3.23. The molecule has 0 saturated heterocycles. The van der Waals surface area contributed by atoms with Gasteiger partial charge in [0.25, 0.3) is 0 Å². The van der Waals surface area contributed by atoms with Crippen molar-refractivity contribution in [3.05, 3.63) is 77.0 Å². The van der Waals surface area contributed by atoms with Crippen LogP contribution >= 0.6 is 15.9 Å². The van der Waals surface area contributed by atoms with E-state index in [1.807, 2.05) is 53.3 Å². The molecule has 0 fully saturated rings. The maximum atomic E-state index is 6.16. The summed E-state index contributed by atoms with van der Waals surface area (Å²) in [5.74, 6) is 1.00. The van der Waals surface area contributed by atoms with Crippen molar-refractivity contribution in [3.8, 4) is 28.1 Å². The maximum absolute atomic E-state index is 6.16. The summed E-state index contributed by atoms with van der Waals surface area (Å²) in [6.45, 7) is 2.25. The summed E-state index contributed by atoms with van der Waals surface area (Å²) >= 11 is 3.47. The smallest absolute Gasteiger partial charge is 0.188 e. The minimum absolute atomic E-state index is 0.0699. The van der Waals surface area contributed by atoms with Crippen LogP contribution in [0.2, 0.25) is 0 Å². The molecule has 7 nitrogen and oxygen atoms in total. The number of hydrogen-bond donors (Lipinski definition) is 1. The first-order valence-electron chi connectivity index (χ1n) is 9.71. The second-order valence-electron chi connectivity index (χ2n) is 7.01. The van der Waals surface area contributed by atoms with Crippen molar-refractivity contribution in [1.29, 1.82) is 0 Å². The van der Waals surface area contributed by atoms with Gasteiger partial charge in [-0.25, -0.2) is 0 Å². The molecular formula is C23H22BrN5O2. The van der Waals surface area contributed by atoms with E-state index < -0.39 is 0 Å². The average Bonchev–Trinajstić information content (AvgIpc) is 3.28. The molecule has 0 aliphatic heterocycles. The SMILES string of the molecule is COCOc1ccccc1-c1cc(-c2cnn(C(C)c3ccc(Br)cc3)c2)c(N)nn1. The molecule has 31 heavy (non-hydrogen) atoms. The van der Waals surface area contributed by atoms with Crippen LogP contribution in [0.25, 0.3) is 22.4 Å². The standard InChI is InChI=1S/C23H22BrN5O2/c1-15(16-7-9-18(24)10-8-16)29-13-17(12-26-29)20-11-21(27-28-23(20)25)19-5-3-4-6-22(19)31-14-30-2/h3-13,15H,14H2,1-2H3,(H2,25,28). The lowest BCUT2D eigenvalue weighted by Crippen LogP contribution is -2.06. The van der Waals surface area contributed by atoms with E-state index in [0.717, 1.165) is 26.7 Å². The molecule has 0 saturated carbocycles. The number of rotatable bonds is 7. The summed E-state index contributed by atoms with van der Waals surface area (Å²) < 4.78 is 13.6. The number of benzene rings is 2. The van der Waals surface area contributed by atoms with Crippen LogP contribution in [0.4, 0.5) is 5.82 Å². The first-order chi connectivity index (χ1) is 15.1. The highest BCUT2D eigenvalue weighted by Gasteiger charge is 2.15. The summed E-state index contributed by atoms with van der Waals surface area (Å²) in [6.07, 6.45) is 3.76. The molecule has 0 spiro atoms. The van der Waals surface area contributed by atoms with Crippen LogP contribution in [-0.4, -0.2) is 33.9 Å². The van der Waals surface area contributed by atoms with Crippen LogP contribution in [0.5, 0.6) is 5.75 Å². The topological polar surface area (TPSA) is 88.1 Å². The summed E-state index contributed by atoms with van der Waals surface area (Å²) in [5.41, 5.74) is 10.4. The van der Waals surface area contributed by atoms with E-state index in [0.29, 0.717) is 17.3 Å². The molecule has 2 aromatic heterocycles. The van der Waals surface area contributed by atoms with Gasteiger partial charge in [0.2, 0.25) is 0 Å². The van der Waals surface area contributed by atoms with Crippen LogP contribution in [-0.2, 0) is 4.74 Å². The first kappa shape index (κ1) is 21.0. The highest BCUT2D eigenvalue weighted by molar-refractivity contribution is 9.10. The normalized spacial score (nSPS) is 12.0. The zero-order valence-corrected chi connectivity index (χ0v) is 18.8. The number of nitrogen functional groups attached to an aromatic ring is 1. The van der Waals surface area contributed by atoms with Gasteiger partial charge in [0, 0.05) is 34.5 Å². The zero-order chi connectivity index (χ0) is 21.8. The van der Waals surface area contributed by atoms with Crippen molar-refractivity contribution in [2.75, 3.05) is 19.6 Å². The Balaban J connectivity index is 1.67. The molecule has 2 aromatic carbocycles. The van der Waals surface area contributed by atoms with Crippen LogP contribution in [0.15, 0.2) is 71.5 Å². The van der Waals surface area contributed by atoms with Gasteiger partial charge >= 0.3 is 0 Å². The first-order valence-corrected chi connectivity index (χ1v) is 10.5. The van der Waals surface area contributed by atoms with Gasteiger partial charge < -0.3 is 15.2 Å². The van der Waals surface area contributed by atoms with Crippen molar-refractivity contribution in [1.82, 2.24) is 20.0 Å². The minimum Gasteiger partial charge on any atom is -0.467 e. The number of methoxy groups -OCH3 is 1.